The molecule has 5 rings (SSSR count). The lowest BCUT2D eigenvalue weighted by atomic mass is 9.55. The number of benzene rings is 2. The maximum atomic E-state index is 14.5. The lowest BCUT2D eigenvalue weighted by Crippen LogP contribution is -2.70. The highest BCUT2D eigenvalue weighted by Gasteiger charge is 2.65. The number of carbonyl (C=O) groups is 2. The summed E-state index contributed by atoms with van der Waals surface area (Å²) < 4.78 is 26.4. The molecule has 2 aromatic carbocycles. The fraction of sp³-hybridized carbons (Fsp3) is 0.642. The number of allylic oxidation sites excluding steroid dienone is 1. The Morgan fingerprint density at radius 2 is 1.60 bits per heavy atom. The van der Waals surface area contributed by atoms with Crippen LogP contribution in [0.4, 0.5) is 9.59 Å². The third-order valence-electron chi connectivity index (χ3n) is 13.2. The standard InChI is InChI=1S/C53H79N3O9/c1-5-9-10-11-12-13-14-15-16-24-35-61-52(60)56(31-6-2)48-38-46(55-63-8-4)44-36-41(27-20-22-32-57)43(28-21-23-33-58)49-45-37-42(64-51(59)54-39-40-25-18-17-19-26-40)29-30-47(45)65-53(48,50(44)49)62-34-7-3/h7,17-19,25-26,29-30,36-37,41,43,48-50,57-58H,3,5-6,8-16,20-24,27-28,31-35,38-39H2,1-2,4H3,(H,54,59). The molecule has 0 saturated heterocycles. The van der Waals surface area contributed by atoms with Gasteiger partial charge in [-0.25, -0.2) is 9.59 Å². The number of ether oxygens (including phenoxy) is 4. The Morgan fingerprint density at radius 3 is 2.28 bits per heavy atom. The van der Waals surface area contributed by atoms with Crippen LogP contribution in [0, 0.1) is 17.8 Å². The minimum atomic E-state index is -1.39. The highest BCUT2D eigenvalue weighted by Crippen LogP contribution is 2.62. The fourth-order valence-corrected chi connectivity index (χ4v) is 10.2. The first-order chi connectivity index (χ1) is 31.8. The Morgan fingerprint density at radius 1 is 0.892 bits per heavy atom. The average molecular weight is 902 g/mol. The molecule has 0 spiro atoms. The van der Waals surface area contributed by atoms with Crippen molar-refractivity contribution in [2.75, 3.05) is 39.6 Å². The van der Waals surface area contributed by atoms with Crippen LogP contribution in [0.1, 0.15) is 153 Å². The van der Waals surface area contributed by atoms with Gasteiger partial charge in [0.1, 0.15) is 24.1 Å². The topological polar surface area (TPSA) is 148 Å². The first-order valence-corrected chi connectivity index (χ1v) is 25.0. The number of amides is 2. The van der Waals surface area contributed by atoms with Crippen molar-refractivity contribution in [2.24, 2.45) is 22.9 Å². The van der Waals surface area contributed by atoms with Crippen LogP contribution in [0.2, 0.25) is 0 Å². The molecule has 1 aliphatic heterocycles. The van der Waals surface area contributed by atoms with Gasteiger partial charge in [0, 0.05) is 44.2 Å². The van der Waals surface area contributed by atoms with Gasteiger partial charge < -0.3 is 39.3 Å². The molecule has 6 atom stereocenters. The van der Waals surface area contributed by atoms with Crippen LogP contribution in [0.3, 0.4) is 0 Å². The van der Waals surface area contributed by atoms with Gasteiger partial charge in [0.25, 0.3) is 0 Å². The van der Waals surface area contributed by atoms with E-state index in [0.29, 0.717) is 63.5 Å². The van der Waals surface area contributed by atoms with Gasteiger partial charge in [0.15, 0.2) is 0 Å². The Balaban J connectivity index is 1.54. The van der Waals surface area contributed by atoms with E-state index in [1.807, 2.05) is 49.4 Å². The Bertz CT molecular complexity index is 1800. The van der Waals surface area contributed by atoms with Crippen LogP contribution in [0.15, 0.2) is 78.0 Å². The van der Waals surface area contributed by atoms with Crippen molar-refractivity contribution in [1.29, 1.82) is 0 Å². The zero-order chi connectivity index (χ0) is 46.3. The van der Waals surface area contributed by atoms with Crippen molar-refractivity contribution in [1.82, 2.24) is 10.2 Å². The molecule has 6 unspecified atom stereocenters. The van der Waals surface area contributed by atoms with E-state index in [-0.39, 0.29) is 37.6 Å². The summed E-state index contributed by atoms with van der Waals surface area (Å²) in [5.74, 6) is -1.07. The summed E-state index contributed by atoms with van der Waals surface area (Å²) in [5, 5.41) is 27.5. The number of hydrogen-bond donors (Lipinski definition) is 3. The van der Waals surface area contributed by atoms with E-state index in [1.165, 1.54) is 44.9 Å². The van der Waals surface area contributed by atoms with Crippen molar-refractivity contribution >= 4 is 17.9 Å². The van der Waals surface area contributed by atoms with Gasteiger partial charge in [0.2, 0.25) is 5.79 Å². The van der Waals surface area contributed by atoms with Crippen molar-refractivity contribution in [3.8, 4) is 11.5 Å². The zero-order valence-corrected chi connectivity index (χ0v) is 39.7. The van der Waals surface area contributed by atoms with E-state index in [2.05, 4.69) is 31.8 Å². The molecular formula is C53H79N3O9. The number of fused-ring (bicyclic) bond motifs is 2. The van der Waals surface area contributed by atoms with Crippen molar-refractivity contribution in [3.05, 3.63) is 84.0 Å². The molecule has 0 aromatic heterocycles. The molecule has 0 bridgehead atoms. The first-order valence-electron chi connectivity index (χ1n) is 25.0. The van der Waals surface area contributed by atoms with E-state index in [4.69, 9.17) is 28.9 Å². The second kappa shape index (κ2) is 27.9. The molecule has 1 saturated carbocycles. The molecule has 3 N–H and O–H groups in total. The lowest BCUT2D eigenvalue weighted by Gasteiger charge is -2.59. The van der Waals surface area contributed by atoms with Crippen LogP contribution in [0.5, 0.6) is 11.5 Å². The third-order valence-corrected chi connectivity index (χ3v) is 13.2. The van der Waals surface area contributed by atoms with Crippen LogP contribution in [-0.4, -0.2) is 84.4 Å². The predicted molar refractivity (Wildman–Crippen MR) is 256 cm³/mol. The molecule has 360 valence electrons. The average Bonchev–Trinajstić information content (AvgIpc) is 3.32. The van der Waals surface area contributed by atoms with Crippen molar-refractivity contribution < 1.29 is 43.6 Å². The fourth-order valence-electron chi connectivity index (χ4n) is 10.2. The number of rotatable bonds is 30. The minimum Gasteiger partial charge on any atom is -0.459 e. The maximum absolute atomic E-state index is 14.5. The lowest BCUT2D eigenvalue weighted by molar-refractivity contribution is -0.255. The highest BCUT2D eigenvalue weighted by atomic mass is 16.7. The van der Waals surface area contributed by atoms with Crippen LogP contribution < -0.4 is 14.8 Å². The number of hydrogen-bond acceptors (Lipinski definition) is 10. The number of aliphatic hydroxyl groups excluding tert-OH is 2. The minimum absolute atomic E-state index is 0.0283. The van der Waals surface area contributed by atoms with Gasteiger partial charge in [-0.2, -0.15) is 0 Å². The monoisotopic (exact) mass is 902 g/mol. The van der Waals surface area contributed by atoms with Gasteiger partial charge in [-0.05, 0) is 86.6 Å². The molecule has 3 aliphatic rings. The molecule has 0 radical (unpaired) electrons. The molecular weight excluding hydrogens is 823 g/mol. The van der Waals surface area contributed by atoms with Crippen molar-refractivity contribution in [3.63, 3.8) is 0 Å². The Hall–Kier alpha value is -4.39. The normalized spacial score (nSPS) is 22.5. The van der Waals surface area contributed by atoms with Gasteiger partial charge in [-0.3, -0.25) is 4.90 Å². The van der Waals surface area contributed by atoms with Crippen LogP contribution in [-0.2, 0) is 20.9 Å². The van der Waals surface area contributed by atoms with Crippen LogP contribution >= 0.6 is 0 Å². The number of unbranched alkanes of at least 4 members (excludes halogenated alkanes) is 11. The number of carbonyl (C=O) groups excluding carboxylic acids is 2. The largest absolute Gasteiger partial charge is 0.459 e. The maximum Gasteiger partial charge on any atom is 0.412 e. The summed E-state index contributed by atoms with van der Waals surface area (Å²) in [5.41, 5.74) is 3.50. The Labute approximate surface area is 389 Å². The molecule has 2 amide bonds. The molecule has 2 aromatic rings. The molecule has 1 heterocycles. The molecule has 12 heteroatoms. The first kappa shape index (κ1) is 51.6. The smallest absolute Gasteiger partial charge is 0.412 e. The third kappa shape index (κ3) is 14.3. The van der Waals surface area contributed by atoms with Crippen LogP contribution in [0.25, 0.3) is 0 Å². The van der Waals surface area contributed by atoms with E-state index >= 15 is 0 Å². The summed E-state index contributed by atoms with van der Waals surface area (Å²) in [6.07, 6.45) is 20.4. The van der Waals surface area contributed by atoms with E-state index in [1.54, 1.807) is 17.0 Å². The molecule has 2 aliphatic carbocycles. The quantitative estimate of drug-likeness (QED) is 0.0396. The summed E-state index contributed by atoms with van der Waals surface area (Å²) in [6, 6.07) is 14.5. The molecule has 65 heavy (non-hydrogen) atoms. The second-order valence-corrected chi connectivity index (χ2v) is 17.9. The van der Waals surface area contributed by atoms with E-state index in [0.717, 1.165) is 67.4 Å². The highest BCUT2D eigenvalue weighted by molar-refractivity contribution is 6.03. The zero-order valence-electron chi connectivity index (χ0n) is 39.7. The number of oxime groups is 1. The van der Waals surface area contributed by atoms with Gasteiger partial charge in [0.05, 0.1) is 24.8 Å². The molecule has 1 fully saturated rings. The number of nitrogens with one attached hydrogen (secondary N) is 1. The SMILES string of the molecule is C=CCOC12Oc3ccc(OC(=O)NCc4ccccc4)cc3C3C(CCCCO)C(CCCCO)C=C(C(=NOCC)CC1N(CCC)C(=O)OCCCCCCCCCCCC)C32. The summed E-state index contributed by atoms with van der Waals surface area (Å²) in [4.78, 5) is 35.4. The number of nitrogens with zero attached hydrogens (tertiary/aromatic N) is 2. The van der Waals surface area contributed by atoms with E-state index in [9.17, 15) is 19.8 Å². The van der Waals surface area contributed by atoms with Gasteiger partial charge in [-0.1, -0.05) is 132 Å². The van der Waals surface area contributed by atoms with Crippen molar-refractivity contribution in [2.45, 2.75) is 161 Å². The Kier molecular flexibility index (Phi) is 22.2. The summed E-state index contributed by atoms with van der Waals surface area (Å²) in [7, 11) is 0. The molecule has 12 nitrogen and oxygen atoms in total. The summed E-state index contributed by atoms with van der Waals surface area (Å²) in [6.45, 7) is 12.0. The van der Waals surface area contributed by atoms with E-state index < -0.39 is 29.9 Å². The predicted octanol–water partition coefficient (Wildman–Crippen LogP) is 11.4. The summed E-state index contributed by atoms with van der Waals surface area (Å²) >= 11 is 0. The van der Waals surface area contributed by atoms with Gasteiger partial charge >= 0.3 is 12.2 Å². The van der Waals surface area contributed by atoms with Gasteiger partial charge in [-0.15, -0.1) is 6.58 Å². The second-order valence-electron chi connectivity index (χ2n) is 17.9. The number of aliphatic hydroxyl groups is 2.